The summed E-state index contributed by atoms with van der Waals surface area (Å²) in [5.41, 5.74) is 1.84. The van der Waals surface area contributed by atoms with Crippen molar-refractivity contribution in [2.75, 3.05) is 11.8 Å². The van der Waals surface area contributed by atoms with Crippen LogP contribution in [-0.2, 0) is 15.8 Å². The van der Waals surface area contributed by atoms with Gasteiger partial charge in [-0.1, -0.05) is 46.3 Å². The highest BCUT2D eigenvalue weighted by Crippen LogP contribution is 2.27. The van der Waals surface area contributed by atoms with Gasteiger partial charge >= 0.3 is 0 Å². The Morgan fingerprint density at radius 3 is 2.54 bits per heavy atom. The smallest absolute Gasteiger partial charge is 0.238 e. The molecule has 2 aromatic carbocycles. The molecule has 0 bridgehead atoms. The van der Waals surface area contributed by atoms with Gasteiger partial charge in [0.1, 0.15) is 11.4 Å². The van der Waals surface area contributed by atoms with E-state index in [9.17, 15) is 8.42 Å². The molecule has 1 N–H and O–H groups in total. The number of benzene rings is 2. The van der Waals surface area contributed by atoms with Crippen LogP contribution in [0.2, 0.25) is 0 Å². The highest BCUT2D eigenvalue weighted by Gasteiger charge is 2.18. The van der Waals surface area contributed by atoms with Crippen LogP contribution in [-0.4, -0.2) is 25.5 Å². The molecule has 1 aromatic heterocycles. The van der Waals surface area contributed by atoms with E-state index in [4.69, 9.17) is 4.74 Å². The number of anilines is 1. The monoisotopic (exact) mass is 433 g/mol. The summed E-state index contributed by atoms with van der Waals surface area (Å²) in [5.74, 6) is 0.552. The molecular weight excluding hydrogens is 418 g/mol. The molecule has 3 rings (SSSR count). The maximum absolute atomic E-state index is 12.7. The number of halogens is 1. The Balaban J connectivity index is 1.90. The first-order chi connectivity index (χ1) is 12.5. The van der Waals surface area contributed by atoms with Crippen LogP contribution >= 0.6 is 15.9 Å². The average molecular weight is 434 g/mol. The van der Waals surface area contributed by atoms with Crippen molar-refractivity contribution in [3.05, 3.63) is 71.0 Å². The maximum Gasteiger partial charge on any atom is 0.238 e. The molecule has 3 aromatic rings. The van der Waals surface area contributed by atoms with Crippen LogP contribution in [0.1, 0.15) is 5.56 Å². The SMILES string of the molecule is COc1ccc(Br)c(CS(=O)(=O)Nc2nccnc2-c2ccccc2)c1. The van der Waals surface area contributed by atoms with Crippen molar-refractivity contribution in [1.29, 1.82) is 0 Å². The van der Waals surface area contributed by atoms with Crippen LogP contribution in [0, 0.1) is 0 Å². The number of nitrogens with one attached hydrogen (secondary N) is 1. The molecule has 0 atom stereocenters. The molecule has 0 amide bonds. The van der Waals surface area contributed by atoms with Crippen LogP contribution in [0.5, 0.6) is 5.75 Å². The summed E-state index contributed by atoms with van der Waals surface area (Å²) >= 11 is 3.37. The second-order valence-corrected chi connectivity index (χ2v) is 8.01. The number of nitrogens with zero attached hydrogens (tertiary/aromatic N) is 2. The lowest BCUT2D eigenvalue weighted by molar-refractivity contribution is 0.414. The van der Waals surface area contributed by atoms with Crippen molar-refractivity contribution in [1.82, 2.24) is 9.97 Å². The number of hydrogen-bond donors (Lipinski definition) is 1. The van der Waals surface area contributed by atoms with Crippen molar-refractivity contribution >= 4 is 31.8 Å². The van der Waals surface area contributed by atoms with Gasteiger partial charge in [-0.3, -0.25) is 9.71 Å². The molecule has 6 nitrogen and oxygen atoms in total. The van der Waals surface area contributed by atoms with E-state index in [0.717, 1.165) is 5.56 Å². The molecule has 0 radical (unpaired) electrons. The topological polar surface area (TPSA) is 81.2 Å². The van der Waals surface area contributed by atoms with Gasteiger partial charge in [-0.15, -0.1) is 0 Å². The Hall–Kier alpha value is -2.45. The molecule has 1 heterocycles. The number of methoxy groups -OCH3 is 1. The Morgan fingerprint density at radius 2 is 1.81 bits per heavy atom. The number of hydrogen-bond acceptors (Lipinski definition) is 5. The van der Waals surface area contributed by atoms with Gasteiger partial charge in [0.05, 0.1) is 12.9 Å². The van der Waals surface area contributed by atoms with E-state index in [1.165, 1.54) is 19.5 Å². The average Bonchev–Trinajstić information content (AvgIpc) is 2.64. The van der Waals surface area contributed by atoms with Gasteiger partial charge < -0.3 is 4.74 Å². The lowest BCUT2D eigenvalue weighted by Crippen LogP contribution is -2.17. The van der Waals surface area contributed by atoms with Crippen LogP contribution < -0.4 is 9.46 Å². The summed E-state index contributed by atoms with van der Waals surface area (Å²) < 4.78 is 33.7. The van der Waals surface area contributed by atoms with Gasteiger partial charge in [0.2, 0.25) is 10.0 Å². The quantitative estimate of drug-likeness (QED) is 0.638. The highest BCUT2D eigenvalue weighted by molar-refractivity contribution is 9.10. The minimum Gasteiger partial charge on any atom is -0.497 e. The number of aromatic nitrogens is 2. The van der Waals surface area contributed by atoms with Crippen LogP contribution in [0.3, 0.4) is 0 Å². The van der Waals surface area contributed by atoms with Gasteiger partial charge in [-0.2, -0.15) is 0 Å². The summed E-state index contributed by atoms with van der Waals surface area (Å²) in [6.45, 7) is 0. The second kappa shape index (κ2) is 7.84. The van der Waals surface area contributed by atoms with Gasteiger partial charge in [0, 0.05) is 22.4 Å². The van der Waals surface area contributed by atoms with E-state index >= 15 is 0 Å². The molecule has 0 fully saturated rings. The van der Waals surface area contributed by atoms with E-state index in [2.05, 4.69) is 30.6 Å². The first kappa shape index (κ1) is 18.3. The third kappa shape index (κ3) is 4.39. The maximum atomic E-state index is 12.7. The van der Waals surface area contributed by atoms with Gasteiger partial charge in [0.15, 0.2) is 5.82 Å². The lowest BCUT2D eigenvalue weighted by atomic mass is 10.1. The predicted molar refractivity (Wildman–Crippen MR) is 104 cm³/mol. The summed E-state index contributed by atoms with van der Waals surface area (Å²) in [7, 11) is -2.17. The van der Waals surface area contributed by atoms with E-state index in [-0.39, 0.29) is 11.6 Å². The Bertz CT molecular complexity index is 1010. The lowest BCUT2D eigenvalue weighted by Gasteiger charge is -2.12. The molecule has 0 saturated carbocycles. The van der Waals surface area contributed by atoms with E-state index in [1.54, 1.807) is 18.2 Å². The standard InChI is InChI=1S/C18H16BrN3O3S/c1-25-15-7-8-16(19)14(11-15)12-26(23,24)22-18-17(20-9-10-21-18)13-5-3-2-4-6-13/h2-11H,12H2,1H3,(H,21,22). The number of rotatable bonds is 6. The third-order valence-electron chi connectivity index (χ3n) is 3.60. The van der Waals surface area contributed by atoms with Crippen molar-refractivity contribution in [2.45, 2.75) is 5.75 Å². The van der Waals surface area contributed by atoms with Gasteiger partial charge in [-0.05, 0) is 23.8 Å². The summed E-state index contributed by atoms with van der Waals surface area (Å²) in [6.07, 6.45) is 2.98. The number of ether oxygens (including phenoxy) is 1. The molecular formula is C18H16BrN3O3S. The fourth-order valence-corrected chi connectivity index (χ4v) is 4.13. The fraction of sp³-hybridized carbons (Fsp3) is 0.111. The Labute approximate surface area is 160 Å². The van der Waals surface area contributed by atoms with Crippen LogP contribution in [0.15, 0.2) is 65.4 Å². The molecule has 0 aliphatic rings. The van der Waals surface area contributed by atoms with E-state index in [0.29, 0.717) is 21.5 Å². The zero-order valence-corrected chi connectivity index (χ0v) is 16.3. The van der Waals surface area contributed by atoms with Crippen LogP contribution in [0.4, 0.5) is 5.82 Å². The fourth-order valence-electron chi connectivity index (χ4n) is 2.40. The zero-order valence-electron chi connectivity index (χ0n) is 13.9. The van der Waals surface area contributed by atoms with E-state index < -0.39 is 10.0 Å². The minimum absolute atomic E-state index is 0.192. The van der Waals surface area contributed by atoms with Crippen molar-refractivity contribution < 1.29 is 13.2 Å². The third-order valence-corrected chi connectivity index (χ3v) is 5.57. The largest absolute Gasteiger partial charge is 0.497 e. The first-order valence-corrected chi connectivity index (χ1v) is 10.1. The van der Waals surface area contributed by atoms with Crippen molar-refractivity contribution in [2.24, 2.45) is 0 Å². The first-order valence-electron chi connectivity index (χ1n) is 7.68. The summed E-state index contributed by atoms with van der Waals surface area (Å²) in [6, 6.07) is 14.5. The second-order valence-electron chi connectivity index (χ2n) is 5.44. The van der Waals surface area contributed by atoms with Crippen LogP contribution in [0.25, 0.3) is 11.3 Å². The van der Waals surface area contributed by atoms with Gasteiger partial charge in [0.25, 0.3) is 0 Å². The Morgan fingerprint density at radius 1 is 1.08 bits per heavy atom. The molecule has 0 saturated heterocycles. The van der Waals surface area contributed by atoms with Crippen molar-refractivity contribution in [3.63, 3.8) is 0 Å². The molecule has 0 unspecified atom stereocenters. The highest BCUT2D eigenvalue weighted by atomic mass is 79.9. The zero-order chi connectivity index (χ0) is 18.6. The minimum atomic E-state index is -3.70. The molecule has 8 heteroatoms. The molecule has 26 heavy (non-hydrogen) atoms. The Kier molecular flexibility index (Phi) is 5.53. The van der Waals surface area contributed by atoms with Crippen molar-refractivity contribution in [3.8, 4) is 17.0 Å². The molecule has 0 aliphatic heterocycles. The van der Waals surface area contributed by atoms with E-state index in [1.807, 2.05) is 30.3 Å². The summed E-state index contributed by atoms with van der Waals surface area (Å²) in [5, 5.41) is 0. The predicted octanol–water partition coefficient (Wildman–Crippen LogP) is 3.86. The summed E-state index contributed by atoms with van der Waals surface area (Å²) in [4.78, 5) is 8.42. The molecule has 0 spiro atoms. The number of sulfonamides is 1. The molecule has 134 valence electrons. The normalized spacial score (nSPS) is 11.2. The van der Waals surface area contributed by atoms with Gasteiger partial charge in [-0.25, -0.2) is 13.4 Å². The molecule has 0 aliphatic carbocycles.